The van der Waals surface area contributed by atoms with Gasteiger partial charge in [0.1, 0.15) is 0 Å². The summed E-state index contributed by atoms with van der Waals surface area (Å²) >= 11 is 0. The predicted octanol–water partition coefficient (Wildman–Crippen LogP) is 1.82. The van der Waals surface area contributed by atoms with E-state index in [1.165, 1.54) is 6.20 Å². The van der Waals surface area contributed by atoms with Crippen molar-refractivity contribution in [3.05, 3.63) is 47.5 Å². The Labute approximate surface area is 112 Å². The lowest BCUT2D eigenvalue weighted by Crippen LogP contribution is -2.36. The molecule has 0 aliphatic rings. The number of carbonyl (C=O) groups is 1. The molecule has 0 saturated heterocycles. The van der Waals surface area contributed by atoms with E-state index in [0.29, 0.717) is 5.56 Å². The van der Waals surface area contributed by atoms with E-state index in [1.54, 1.807) is 24.3 Å². The van der Waals surface area contributed by atoms with E-state index in [0.717, 1.165) is 17.7 Å². The summed E-state index contributed by atoms with van der Waals surface area (Å²) in [5.74, 6) is -0.0326. The van der Waals surface area contributed by atoms with Crippen LogP contribution in [0.1, 0.15) is 28.5 Å². The van der Waals surface area contributed by atoms with Crippen molar-refractivity contribution in [2.24, 2.45) is 0 Å². The number of aryl methyl sites for hydroxylation is 1. The number of hydrogen-bond donors (Lipinski definition) is 1. The topological polar surface area (TPSA) is 61.9 Å². The molecule has 19 heavy (non-hydrogen) atoms. The number of amides is 1. The van der Waals surface area contributed by atoms with E-state index in [2.05, 4.69) is 15.2 Å². The molecule has 0 spiro atoms. The largest absolute Gasteiger partial charge is 0.339 e. The fraction of sp³-hybridized carbons (Fsp3) is 0.357. The molecule has 2 aromatic heterocycles. The van der Waals surface area contributed by atoms with Crippen molar-refractivity contribution in [1.29, 1.82) is 0 Å². The van der Waals surface area contributed by atoms with E-state index in [1.807, 2.05) is 26.0 Å². The minimum Gasteiger partial charge on any atom is -0.339 e. The SMILES string of the molecule is Cc1cccnc1C[C@@H](C)N(C)C(=O)c1cn[nH]c1. The molecule has 1 N–H and O–H groups in total. The quantitative estimate of drug-likeness (QED) is 0.909. The van der Waals surface area contributed by atoms with Gasteiger partial charge in [0.05, 0.1) is 11.8 Å². The van der Waals surface area contributed by atoms with E-state index in [9.17, 15) is 4.79 Å². The summed E-state index contributed by atoms with van der Waals surface area (Å²) in [6, 6.07) is 4.03. The number of nitrogens with zero attached hydrogens (tertiary/aromatic N) is 3. The van der Waals surface area contributed by atoms with Gasteiger partial charge in [-0.25, -0.2) is 0 Å². The number of aromatic amines is 1. The third-order valence-corrected chi connectivity index (χ3v) is 3.33. The summed E-state index contributed by atoms with van der Waals surface area (Å²) in [6.45, 7) is 4.05. The lowest BCUT2D eigenvalue weighted by Gasteiger charge is -2.24. The molecule has 0 aromatic carbocycles. The minimum absolute atomic E-state index is 0.0326. The Morgan fingerprint density at radius 3 is 2.95 bits per heavy atom. The van der Waals surface area contributed by atoms with Crippen LogP contribution in [0.15, 0.2) is 30.7 Å². The number of rotatable bonds is 4. The Kier molecular flexibility index (Phi) is 3.94. The zero-order chi connectivity index (χ0) is 13.8. The predicted molar refractivity (Wildman–Crippen MR) is 72.8 cm³/mol. The van der Waals surface area contributed by atoms with E-state index < -0.39 is 0 Å². The number of aromatic nitrogens is 3. The van der Waals surface area contributed by atoms with E-state index >= 15 is 0 Å². The molecule has 0 bridgehead atoms. The fourth-order valence-corrected chi connectivity index (χ4v) is 1.92. The fourth-order valence-electron chi connectivity index (χ4n) is 1.92. The molecule has 5 nitrogen and oxygen atoms in total. The lowest BCUT2D eigenvalue weighted by atomic mass is 10.1. The van der Waals surface area contributed by atoms with Gasteiger partial charge in [0.15, 0.2) is 0 Å². The number of carbonyl (C=O) groups excluding carboxylic acids is 1. The molecule has 0 fully saturated rings. The van der Waals surface area contributed by atoms with Gasteiger partial charge in [-0.2, -0.15) is 5.10 Å². The van der Waals surface area contributed by atoms with Crippen molar-refractivity contribution in [2.75, 3.05) is 7.05 Å². The standard InChI is InChI=1S/C14H18N4O/c1-10-5-4-6-15-13(10)7-11(2)18(3)14(19)12-8-16-17-9-12/h4-6,8-9,11H,7H2,1-3H3,(H,16,17)/t11-/m1/s1. The molecular formula is C14H18N4O. The maximum absolute atomic E-state index is 12.2. The summed E-state index contributed by atoms with van der Waals surface area (Å²) in [4.78, 5) is 18.3. The molecule has 0 aliphatic carbocycles. The molecule has 2 aromatic rings. The van der Waals surface area contributed by atoms with Crippen LogP contribution in [0.5, 0.6) is 0 Å². The number of hydrogen-bond acceptors (Lipinski definition) is 3. The Balaban J connectivity index is 2.06. The third kappa shape index (κ3) is 2.99. The van der Waals surface area contributed by atoms with Crippen molar-refractivity contribution in [1.82, 2.24) is 20.1 Å². The van der Waals surface area contributed by atoms with Crippen molar-refractivity contribution in [3.8, 4) is 0 Å². The van der Waals surface area contributed by atoms with Crippen LogP contribution in [0.25, 0.3) is 0 Å². The molecule has 2 heterocycles. The summed E-state index contributed by atoms with van der Waals surface area (Å²) in [7, 11) is 1.80. The number of nitrogens with one attached hydrogen (secondary N) is 1. The Morgan fingerprint density at radius 2 is 2.32 bits per heavy atom. The summed E-state index contributed by atoms with van der Waals surface area (Å²) in [6.07, 6.45) is 5.68. The zero-order valence-corrected chi connectivity index (χ0v) is 11.4. The van der Waals surface area contributed by atoms with Crippen LogP contribution in [-0.2, 0) is 6.42 Å². The molecule has 0 unspecified atom stereocenters. The molecule has 1 atom stereocenters. The van der Waals surface area contributed by atoms with Gasteiger partial charge in [-0.1, -0.05) is 6.07 Å². The first-order valence-electron chi connectivity index (χ1n) is 6.26. The van der Waals surface area contributed by atoms with Gasteiger partial charge in [-0.3, -0.25) is 14.9 Å². The number of pyridine rings is 1. The van der Waals surface area contributed by atoms with Gasteiger partial charge in [-0.05, 0) is 25.5 Å². The van der Waals surface area contributed by atoms with Crippen LogP contribution < -0.4 is 0 Å². The van der Waals surface area contributed by atoms with Gasteiger partial charge >= 0.3 is 0 Å². The monoisotopic (exact) mass is 258 g/mol. The molecule has 1 amide bonds. The zero-order valence-electron chi connectivity index (χ0n) is 11.4. The Bertz CT molecular complexity index is 550. The molecule has 0 saturated carbocycles. The van der Waals surface area contributed by atoms with Crippen molar-refractivity contribution < 1.29 is 4.79 Å². The summed E-state index contributed by atoms with van der Waals surface area (Å²) < 4.78 is 0. The normalized spacial score (nSPS) is 12.2. The Hall–Kier alpha value is -2.17. The summed E-state index contributed by atoms with van der Waals surface area (Å²) in [5, 5.41) is 6.45. The highest BCUT2D eigenvalue weighted by Crippen LogP contribution is 2.11. The highest BCUT2D eigenvalue weighted by molar-refractivity contribution is 5.93. The second kappa shape index (κ2) is 5.65. The second-order valence-electron chi connectivity index (χ2n) is 4.72. The van der Waals surface area contributed by atoms with Gasteiger partial charge in [0.2, 0.25) is 0 Å². The van der Waals surface area contributed by atoms with Crippen LogP contribution in [-0.4, -0.2) is 39.1 Å². The van der Waals surface area contributed by atoms with Crippen molar-refractivity contribution >= 4 is 5.91 Å². The van der Waals surface area contributed by atoms with Crippen LogP contribution in [0, 0.1) is 6.92 Å². The van der Waals surface area contributed by atoms with Gasteiger partial charge in [0, 0.05) is 37.6 Å². The molecular weight excluding hydrogens is 240 g/mol. The molecule has 0 radical (unpaired) electrons. The first-order chi connectivity index (χ1) is 9.09. The average molecular weight is 258 g/mol. The molecule has 2 rings (SSSR count). The maximum Gasteiger partial charge on any atom is 0.257 e. The second-order valence-corrected chi connectivity index (χ2v) is 4.72. The van der Waals surface area contributed by atoms with Crippen LogP contribution in [0.4, 0.5) is 0 Å². The summed E-state index contributed by atoms with van der Waals surface area (Å²) in [5.41, 5.74) is 2.76. The van der Waals surface area contributed by atoms with Gasteiger partial charge < -0.3 is 4.90 Å². The lowest BCUT2D eigenvalue weighted by molar-refractivity contribution is 0.0743. The molecule has 0 aliphatic heterocycles. The first-order valence-corrected chi connectivity index (χ1v) is 6.26. The molecule has 100 valence electrons. The van der Waals surface area contributed by atoms with E-state index in [-0.39, 0.29) is 11.9 Å². The van der Waals surface area contributed by atoms with Crippen LogP contribution >= 0.6 is 0 Å². The van der Waals surface area contributed by atoms with Crippen LogP contribution in [0.3, 0.4) is 0 Å². The number of likely N-dealkylation sites (N-methyl/N-ethyl adjacent to an activating group) is 1. The van der Waals surface area contributed by atoms with Crippen LogP contribution in [0.2, 0.25) is 0 Å². The van der Waals surface area contributed by atoms with Gasteiger partial charge in [-0.15, -0.1) is 0 Å². The first kappa shape index (κ1) is 13.3. The van der Waals surface area contributed by atoms with Crippen molar-refractivity contribution in [2.45, 2.75) is 26.3 Å². The smallest absolute Gasteiger partial charge is 0.257 e. The molecule has 5 heteroatoms. The minimum atomic E-state index is -0.0326. The Morgan fingerprint density at radius 1 is 1.53 bits per heavy atom. The average Bonchev–Trinajstić information content (AvgIpc) is 2.93. The maximum atomic E-state index is 12.2. The highest BCUT2D eigenvalue weighted by Gasteiger charge is 2.19. The third-order valence-electron chi connectivity index (χ3n) is 3.33. The van der Waals surface area contributed by atoms with Crippen molar-refractivity contribution in [3.63, 3.8) is 0 Å². The highest BCUT2D eigenvalue weighted by atomic mass is 16.2. The van der Waals surface area contributed by atoms with Gasteiger partial charge in [0.25, 0.3) is 5.91 Å². The van der Waals surface area contributed by atoms with E-state index in [4.69, 9.17) is 0 Å². The number of H-pyrrole nitrogens is 1.